The number of rotatable bonds is 5. The van der Waals surface area contributed by atoms with Gasteiger partial charge in [0.25, 0.3) is 5.56 Å². The molecule has 30 heavy (non-hydrogen) atoms. The number of aromatic amines is 1. The molecule has 0 amide bonds. The van der Waals surface area contributed by atoms with Crippen LogP contribution in [0.4, 0.5) is 0 Å². The van der Waals surface area contributed by atoms with Gasteiger partial charge in [-0.3, -0.25) is 9.36 Å². The molecule has 0 aliphatic carbocycles. The molecule has 0 saturated heterocycles. The van der Waals surface area contributed by atoms with Crippen molar-refractivity contribution in [2.45, 2.75) is 13.0 Å². The number of hydrogen-bond donors (Lipinski definition) is 1. The molecule has 1 N–H and O–H groups in total. The van der Waals surface area contributed by atoms with E-state index in [4.69, 9.17) is 4.98 Å². The lowest BCUT2D eigenvalue weighted by Gasteiger charge is -2.11. The van der Waals surface area contributed by atoms with E-state index >= 15 is 0 Å². The lowest BCUT2D eigenvalue weighted by molar-refractivity contribution is 0.655. The van der Waals surface area contributed by atoms with Gasteiger partial charge in [0.1, 0.15) is 5.82 Å². The molecule has 4 heteroatoms. The van der Waals surface area contributed by atoms with E-state index in [1.165, 1.54) is 5.56 Å². The monoisotopic (exact) mass is 391 g/mol. The number of fused-ring (bicyclic) bond motifs is 2. The molecular weight excluding hydrogens is 370 g/mol. The zero-order valence-corrected chi connectivity index (χ0v) is 16.5. The van der Waals surface area contributed by atoms with Gasteiger partial charge in [-0.1, -0.05) is 60.7 Å². The molecule has 146 valence electrons. The van der Waals surface area contributed by atoms with E-state index in [1.807, 2.05) is 72.9 Å². The highest BCUT2D eigenvalue weighted by molar-refractivity contribution is 5.91. The fraction of sp³-hybridized carbons (Fsp3) is 0.0769. The predicted octanol–water partition coefficient (Wildman–Crippen LogP) is 5.29. The lowest BCUT2D eigenvalue weighted by Crippen LogP contribution is -2.24. The first-order chi connectivity index (χ1) is 14.8. The molecule has 0 bridgehead atoms. The summed E-state index contributed by atoms with van der Waals surface area (Å²) in [6.07, 6.45) is 6.71. The van der Waals surface area contributed by atoms with E-state index in [2.05, 4.69) is 29.2 Å². The third-order valence-corrected chi connectivity index (χ3v) is 5.39. The first kappa shape index (κ1) is 18.1. The maximum absolute atomic E-state index is 13.2. The third kappa shape index (κ3) is 3.44. The fourth-order valence-electron chi connectivity index (χ4n) is 3.81. The largest absolute Gasteiger partial charge is 0.361 e. The topological polar surface area (TPSA) is 50.7 Å². The van der Waals surface area contributed by atoms with Crippen molar-refractivity contribution in [2.24, 2.45) is 0 Å². The van der Waals surface area contributed by atoms with Crippen molar-refractivity contribution in [3.8, 4) is 0 Å². The molecule has 5 aromatic rings. The number of H-pyrrole nitrogens is 1. The number of aryl methyl sites for hydroxylation is 1. The van der Waals surface area contributed by atoms with Gasteiger partial charge in [-0.15, -0.1) is 0 Å². The van der Waals surface area contributed by atoms with Crippen LogP contribution in [0.1, 0.15) is 17.0 Å². The SMILES string of the molecule is O=c1c2ccccc2nc(/C=C/c2c[nH]c3ccccc23)n1CCc1ccccc1. The summed E-state index contributed by atoms with van der Waals surface area (Å²) in [5, 5.41) is 1.79. The zero-order chi connectivity index (χ0) is 20.3. The third-order valence-electron chi connectivity index (χ3n) is 5.39. The quantitative estimate of drug-likeness (QED) is 0.442. The van der Waals surface area contributed by atoms with E-state index in [1.54, 1.807) is 4.57 Å². The van der Waals surface area contributed by atoms with Crippen LogP contribution >= 0.6 is 0 Å². The Kier molecular flexibility index (Phi) is 4.74. The molecule has 0 saturated carbocycles. The molecule has 0 atom stereocenters. The summed E-state index contributed by atoms with van der Waals surface area (Å²) in [6, 6.07) is 25.9. The summed E-state index contributed by atoms with van der Waals surface area (Å²) in [6.45, 7) is 0.578. The lowest BCUT2D eigenvalue weighted by atomic mass is 10.1. The minimum absolute atomic E-state index is 0.00453. The number of nitrogens with zero attached hydrogens (tertiary/aromatic N) is 2. The molecule has 2 heterocycles. The van der Waals surface area contributed by atoms with Gasteiger partial charge in [-0.05, 0) is 47.9 Å². The maximum Gasteiger partial charge on any atom is 0.261 e. The van der Waals surface area contributed by atoms with E-state index in [9.17, 15) is 4.79 Å². The summed E-state index contributed by atoms with van der Waals surface area (Å²) >= 11 is 0. The average Bonchev–Trinajstić information content (AvgIpc) is 3.21. The first-order valence-corrected chi connectivity index (χ1v) is 10.1. The maximum atomic E-state index is 13.2. The van der Waals surface area contributed by atoms with Crippen molar-refractivity contribution in [1.29, 1.82) is 0 Å². The van der Waals surface area contributed by atoms with Crippen LogP contribution < -0.4 is 5.56 Å². The molecular formula is C26H21N3O. The Morgan fingerprint density at radius 2 is 1.57 bits per heavy atom. The smallest absolute Gasteiger partial charge is 0.261 e. The first-order valence-electron chi connectivity index (χ1n) is 10.1. The van der Waals surface area contributed by atoms with Crippen LogP contribution in [-0.4, -0.2) is 14.5 Å². The van der Waals surface area contributed by atoms with Crippen molar-refractivity contribution >= 4 is 34.0 Å². The Morgan fingerprint density at radius 3 is 2.43 bits per heavy atom. The average molecular weight is 391 g/mol. The second-order valence-corrected chi connectivity index (χ2v) is 7.30. The van der Waals surface area contributed by atoms with Crippen LogP contribution in [0, 0.1) is 0 Å². The van der Waals surface area contributed by atoms with Crippen molar-refractivity contribution in [3.63, 3.8) is 0 Å². The van der Waals surface area contributed by atoms with Gasteiger partial charge in [-0.2, -0.15) is 0 Å². The summed E-state index contributed by atoms with van der Waals surface area (Å²) < 4.78 is 1.78. The van der Waals surface area contributed by atoms with Crippen molar-refractivity contribution in [3.05, 3.63) is 112 Å². The molecule has 5 rings (SSSR count). The molecule has 0 unspecified atom stereocenters. The van der Waals surface area contributed by atoms with Gasteiger partial charge in [0.2, 0.25) is 0 Å². The van der Waals surface area contributed by atoms with Crippen LogP contribution in [0.15, 0.2) is 89.9 Å². The van der Waals surface area contributed by atoms with E-state index in [0.29, 0.717) is 17.8 Å². The zero-order valence-electron chi connectivity index (χ0n) is 16.5. The molecule has 0 spiro atoms. The van der Waals surface area contributed by atoms with Crippen LogP contribution in [0.25, 0.3) is 34.0 Å². The second-order valence-electron chi connectivity index (χ2n) is 7.30. The molecule has 0 radical (unpaired) electrons. The Labute approximate surface area is 174 Å². The molecule has 3 aromatic carbocycles. The van der Waals surface area contributed by atoms with E-state index in [-0.39, 0.29) is 5.56 Å². The van der Waals surface area contributed by atoms with Gasteiger partial charge in [0.05, 0.1) is 10.9 Å². The van der Waals surface area contributed by atoms with Crippen molar-refractivity contribution in [2.75, 3.05) is 0 Å². The minimum Gasteiger partial charge on any atom is -0.361 e. The van der Waals surface area contributed by atoms with Gasteiger partial charge in [0.15, 0.2) is 0 Å². The molecule has 0 fully saturated rings. The normalized spacial score (nSPS) is 11.6. The summed E-state index contributed by atoms with van der Waals surface area (Å²) in [5.74, 6) is 0.667. The van der Waals surface area contributed by atoms with E-state index < -0.39 is 0 Å². The molecule has 0 aliphatic heterocycles. The van der Waals surface area contributed by atoms with E-state index in [0.717, 1.165) is 28.4 Å². The van der Waals surface area contributed by atoms with Gasteiger partial charge in [0, 0.05) is 23.6 Å². The Bertz CT molecular complexity index is 1410. The van der Waals surface area contributed by atoms with Crippen LogP contribution in [-0.2, 0) is 13.0 Å². The molecule has 2 aromatic heterocycles. The van der Waals surface area contributed by atoms with Gasteiger partial charge >= 0.3 is 0 Å². The van der Waals surface area contributed by atoms with Gasteiger partial charge < -0.3 is 4.98 Å². The highest BCUT2D eigenvalue weighted by Gasteiger charge is 2.09. The van der Waals surface area contributed by atoms with Crippen LogP contribution in [0.2, 0.25) is 0 Å². The van der Waals surface area contributed by atoms with Crippen molar-refractivity contribution in [1.82, 2.24) is 14.5 Å². The fourth-order valence-corrected chi connectivity index (χ4v) is 3.81. The number of aromatic nitrogens is 3. The predicted molar refractivity (Wildman–Crippen MR) is 123 cm³/mol. The highest BCUT2D eigenvalue weighted by atomic mass is 16.1. The summed E-state index contributed by atoms with van der Waals surface area (Å²) in [7, 11) is 0. The van der Waals surface area contributed by atoms with Crippen molar-refractivity contribution < 1.29 is 0 Å². The molecule has 0 aliphatic rings. The van der Waals surface area contributed by atoms with Crippen LogP contribution in [0.5, 0.6) is 0 Å². The minimum atomic E-state index is -0.00453. The summed E-state index contributed by atoms with van der Waals surface area (Å²) in [4.78, 5) is 21.3. The van der Waals surface area contributed by atoms with Gasteiger partial charge in [-0.25, -0.2) is 4.98 Å². The Morgan fingerprint density at radius 1 is 0.833 bits per heavy atom. The molecule has 4 nitrogen and oxygen atoms in total. The standard InChI is InChI=1S/C26H21N3O/c30-26-22-11-5-7-13-24(22)28-25(29(26)17-16-19-8-2-1-3-9-19)15-14-20-18-27-23-12-6-4-10-21(20)23/h1-15,18,27H,16-17H2/b15-14+. The Hall–Kier alpha value is -3.92. The number of hydrogen-bond acceptors (Lipinski definition) is 2. The van der Waals surface area contributed by atoms with Crippen LogP contribution in [0.3, 0.4) is 0 Å². The number of nitrogens with one attached hydrogen (secondary N) is 1. The number of para-hydroxylation sites is 2. The number of benzene rings is 3. The highest BCUT2D eigenvalue weighted by Crippen LogP contribution is 2.20. The second kappa shape index (κ2) is 7.84. The summed E-state index contributed by atoms with van der Waals surface area (Å²) in [5.41, 5.74) is 4.07. The Balaban J connectivity index is 1.58.